The highest BCUT2D eigenvalue weighted by atomic mass is 19.4. The van der Waals surface area contributed by atoms with Crippen LogP contribution in [0.4, 0.5) is 27.2 Å². The molecule has 4 amide bonds. The summed E-state index contributed by atoms with van der Waals surface area (Å²) < 4.78 is 54.8. The third kappa shape index (κ3) is 6.62. The summed E-state index contributed by atoms with van der Waals surface area (Å²) in [6.07, 6.45) is -2.95. The Morgan fingerprint density at radius 3 is 2.42 bits per heavy atom. The van der Waals surface area contributed by atoms with Crippen LogP contribution in [-0.4, -0.2) is 64.1 Å². The average molecular weight is 476 g/mol. The number of aliphatic hydroxyl groups is 1. The molecule has 1 heterocycles. The number of primary amides is 1. The van der Waals surface area contributed by atoms with Crippen molar-refractivity contribution in [1.82, 2.24) is 15.1 Å². The van der Waals surface area contributed by atoms with Crippen LogP contribution in [0.2, 0.25) is 0 Å². The van der Waals surface area contributed by atoms with Crippen LogP contribution in [0.5, 0.6) is 5.75 Å². The summed E-state index contributed by atoms with van der Waals surface area (Å²) in [7, 11) is 0. The fraction of sp³-hybridized carbons (Fsp3) is 0.619. The summed E-state index contributed by atoms with van der Waals surface area (Å²) in [6, 6.07) is 1.09. The Balaban J connectivity index is 1.70. The van der Waals surface area contributed by atoms with E-state index < -0.39 is 41.6 Å². The molecular formula is C21H28F4N4O4. The highest BCUT2D eigenvalue weighted by Gasteiger charge is 2.44. The van der Waals surface area contributed by atoms with Crippen LogP contribution in [0.15, 0.2) is 18.2 Å². The number of alkyl halides is 3. The molecule has 8 nitrogen and oxygen atoms in total. The van der Waals surface area contributed by atoms with Gasteiger partial charge in [0, 0.05) is 43.2 Å². The summed E-state index contributed by atoms with van der Waals surface area (Å²) in [6.45, 7) is 3.50. The number of hydrogen-bond donors (Lipinski definition) is 3. The van der Waals surface area contributed by atoms with Gasteiger partial charge in [-0.15, -0.1) is 13.2 Å². The maximum absolute atomic E-state index is 14.2. The number of hydrogen-bond acceptors (Lipinski definition) is 4. The van der Waals surface area contributed by atoms with Gasteiger partial charge in [-0.3, -0.25) is 0 Å². The van der Waals surface area contributed by atoms with E-state index in [9.17, 15) is 32.3 Å². The van der Waals surface area contributed by atoms with Gasteiger partial charge in [0.15, 0.2) is 0 Å². The molecule has 1 saturated heterocycles. The number of nitrogens with two attached hydrogens (primary N) is 1. The number of piperidine rings is 1. The molecule has 3 rings (SSSR count). The predicted molar refractivity (Wildman–Crippen MR) is 110 cm³/mol. The number of urea groups is 2. The summed E-state index contributed by atoms with van der Waals surface area (Å²) in [4.78, 5) is 27.9. The Labute approximate surface area is 188 Å². The van der Waals surface area contributed by atoms with Crippen LogP contribution < -0.4 is 15.8 Å². The Kier molecular flexibility index (Phi) is 6.96. The van der Waals surface area contributed by atoms with Crippen molar-refractivity contribution >= 4 is 12.1 Å². The molecule has 0 radical (unpaired) electrons. The number of benzene rings is 1. The number of rotatable bonds is 6. The van der Waals surface area contributed by atoms with E-state index in [2.05, 4.69) is 10.1 Å². The fourth-order valence-electron chi connectivity index (χ4n) is 4.08. The smallest absolute Gasteiger partial charge is 0.406 e. The normalized spacial score (nSPS) is 21.5. The minimum Gasteiger partial charge on any atom is -0.406 e. The number of nitrogens with one attached hydrogen (secondary N) is 1. The minimum atomic E-state index is -4.94. The van der Waals surface area contributed by atoms with E-state index in [1.165, 1.54) is 4.90 Å². The van der Waals surface area contributed by atoms with Crippen LogP contribution in [0, 0.1) is 11.7 Å². The Hall–Kier alpha value is -2.76. The van der Waals surface area contributed by atoms with Gasteiger partial charge in [0.25, 0.3) is 0 Å². The van der Waals surface area contributed by atoms with Gasteiger partial charge in [0.2, 0.25) is 0 Å². The summed E-state index contributed by atoms with van der Waals surface area (Å²) >= 11 is 0. The van der Waals surface area contributed by atoms with Gasteiger partial charge in [0.05, 0.1) is 11.6 Å². The molecule has 0 bridgehead atoms. The molecule has 12 heteroatoms. The second-order valence-corrected chi connectivity index (χ2v) is 9.08. The number of likely N-dealkylation sites (tertiary alicyclic amines) is 1. The summed E-state index contributed by atoms with van der Waals surface area (Å²) in [5.74, 6) is -1.95. The largest absolute Gasteiger partial charge is 0.573 e. The Morgan fingerprint density at radius 2 is 1.91 bits per heavy atom. The SMILES string of the molecule is CC(C)(O)C1C[C@@H](N(C(=O)NCc2ccc(OC(F)(F)F)cc2F)C2CC2)CN(C(N)=O)C1. The second-order valence-electron chi connectivity index (χ2n) is 9.08. The monoisotopic (exact) mass is 476 g/mol. The first-order valence-electron chi connectivity index (χ1n) is 10.6. The maximum Gasteiger partial charge on any atom is 0.573 e. The molecule has 1 saturated carbocycles. The third-order valence-electron chi connectivity index (χ3n) is 6.00. The third-order valence-corrected chi connectivity index (χ3v) is 6.00. The zero-order valence-corrected chi connectivity index (χ0v) is 18.4. The van der Waals surface area contributed by atoms with Crippen molar-refractivity contribution in [3.05, 3.63) is 29.6 Å². The standard InChI is InChI=1S/C21H28F4N4O4/c1-20(2,32)13-7-15(11-28(10-13)18(26)30)29(14-4-5-14)19(31)27-9-12-3-6-16(8-17(12)22)33-21(23,24)25/h3,6,8,13-15,32H,4-5,7,9-11H2,1-2H3,(H2,26,30)(H,27,31)/t13?,15-/m1/s1. The number of ether oxygens (including phenoxy) is 1. The van der Waals surface area contributed by atoms with Gasteiger partial charge in [-0.1, -0.05) is 6.07 Å². The van der Waals surface area contributed by atoms with Crippen molar-refractivity contribution in [2.45, 2.75) is 63.7 Å². The molecule has 1 unspecified atom stereocenters. The quantitative estimate of drug-likeness (QED) is 0.549. The zero-order chi connectivity index (χ0) is 24.6. The second kappa shape index (κ2) is 9.24. The molecule has 184 valence electrons. The Bertz CT molecular complexity index is 886. The average Bonchev–Trinajstić information content (AvgIpc) is 3.50. The number of carbonyl (C=O) groups excluding carboxylic acids is 2. The molecule has 1 aliphatic carbocycles. The number of nitrogens with zero attached hydrogens (tertiary/aromatic N) is 2. The van der Waals surface area contributed by atoms with Crippen molar-refractivity contribution in [2.75, 3.05) is 13.1 Å². The van der Waals surface area contributed by atoms with E-state index in [1.807, 2.05) is 0 Å². The first-order valence-corrected chi connectivity index (χ1v) is 10.6. The van der Waals surface area contributed by atoms with Crippen LogP contribution in [0.3, 0.4) is 0 Å². The maximum atomic E-state index is 14.2. The minimum absolute atomic E-state index is 0.00889. The lowest BCUT2D eigenvalue weighted by atomic mass is 9.82. The highest BCUT2D eigenvalue weighted by molar-refractivity contribution is 5.76. The molecule has 0 spiro atoms. The fourth-order valence-corrected chi connectivity index (χ4v) is 4.08. The molecule has 1 aromatic carbocycles. The van der Waals surface area contributed by atoms with Crippen molar-refractivity contribution in [1.29, 1.82) is 0 Å². The summed E-state index contributed by atoms with van der Waals surface area (Å²) in [5.41, 5.74) is 4.36. The van der Waals surface area contributed by atoms with Crippen molar-refractivity contribution in [3.63, 3.8) is 0 Å². The lowest BCUT2D eigenvalue weighted by molar-refractivity contribution is -0.274. The van der Waals surface area contributed by atoms with Crippen LogP contribution >= 0.6 is 0 Å². The van der Waals surface area contributed by atoms with Gasteiger partial charge in [-0.25, -0.2) is 14.0 Å². The number of carbonyl (C=O) groups is 2. The molecule has 2 atom stereocenters. The lowest BCUT2D eigenvalue weighted by Gasteiger charge is -2.45. The number of amides is 4. The molecule has 2 fully saturated rings. The molecule has 33 heavy (non-hydrogen) atoms. The molecule has 1 aliphatic heterocycles. The first-order chi connectivity index (χ1) is 15.2. The van der Waals surface area contributed by atoms with Crippen molar-refractivity contribution < 1.29 is 37.0 Å². The van der Waals surface area contributed by atoms with Crippen LogP contribution in [0.25, 0.3) is 0 Å². The van der Waals surface area contributed by atoms with Gasteiger partial charge in [0.1, 0.15) is 11.6 Å². The van der Waals surface area contributed by atoms with Crippen LogP contribution in [0.1, 0.15) is 38.7 Å². The molecule has 0 aromatic heterocycles. The van der Waals surface area contributed by atoms with E-state index in [-0.39, 0.29) is 37.2 Å². The van der Waals surface area contributed by atoms with E-state index in [0.717, 1.165) is 25.0 Å². The van der Waals surface area contributed by atoms with E-state index in [0.29, 0.717) is 12.5 Å². The first kappa shape index (κ1) is 24.9. The van der Waals surface area contributed by atoms with Gasteiger partial charge >= 0.3 is 18.4 Å². The van der Waals surface area contributed by atoms with Gasteiger partial charge in [-0.2, -0.15) is 0 Å². The molecule has 2 aliphatic rings. The van der Waals surface area contributed by atoms with Gasteiger partial charge < -0.3 is 30.7 Å². The highest BCUT2D eigenvalue weighted by Crippen LogP contribution is 2.35. The van der Waals surface area contributed by atoms with E-state index >= 15 is 0 Å². The molecular weight excluding hydrogens is 448 g/mol. The summed E-state index contributed by atoms with van der Waals surface area (Å²) in [5, 5.41) is 13.1. The molecule has 4 N–H and O–H groups in total. The van der Waals surface area contributed by atoms with Crippen LogP contribution in [-0.2, 0) is 6.54 Å². The zero-order valence-electron chi connectivity index (χ0n) is 18.4. The van der Waals surface area contributed by atoms with Crippen molar-refractivity contribution in [3.8, 4) is 5.75 Å². The van der Waals surface area contributed by atoms with E-state index in [4.69, 9.17) is 5.73 Å². The van der Waals surface area contributed by atoms with Crippen molar-refractivity contribution in [2.24, 2.45) is 11.7 Å². The lowest BCUT2D eigenvalue weighted by Crippen LogP contribution is -2.60. The predicted octanol–water partition coefficient (Wildman–Crippen LogP) is 2.94. The topological polar surface area (TPSA) is 108 Å². The van der Waals surface area contributed by atoms with Gasteiger partial charge in [-0.05, 0) is 39.2 Å². The molecule has 1 aromatic rings. The Morgan fingerprint density at radius 1 is 1.24 bits per heavy atom. The number of halogens is 4. The van der Waals surface area contributed by atoms with E-state index in [1.54, 1.807) is 18.7 Å².